The molecule has 0 saturated carbocycles. The first-order chi connectivity index (χ1) is 10.2. The molecule has 0 aliphatic carbocycles. The normalized spacial score (nSPS) is 10.7. The van der Waals surface area contributed by atoms with Crippen LogP contribution in [-0.4, -0.2) is 31.7 Å². The Kier molecular flexibility index (Phi) is 5.33. The second-order valence-corrected chi connectivity index (χ2v) is 4.67. The maximum atomic E-state index is 10.6. The van der Waals surface area contributed by atoms with Gasteiger partial charge in [0.15, 0.2) is 5.82 Å². The monoisotopic (exact) mass is 290 g/mol. The van der Waals surface area contributed by atoms with Crippen molar-refractivity contribution in [2.24, 2.45) is 0 Å². The minimum absolute atomic E-state index is 0.102. The lowest BCUT2D eigenvalue weighted by atomic mass is 10.1. The fourth-order valence-corrected chi connectivity index (χ4v) is 1.92. The summed E-state index contributed by atoms with van der Waals surface area (Å²) in [5.41, 5.74) is 1.12. The second kappa shape index (κ2) is 7.44. The molecule has 1 heterocycles. The van der Waals surface area contributed by atoms with E-state index in [1.807, 2.05) is 0 Å². The zero-order valence-electron chi connectivity index (χ0n) is 11.9. The number of tetrazole rings is 1. The van der Waals surface area contributed by atoms with Gasteiger partial charge in [0, 0.05) is 18.7 Å². The number of aromatic nitrogens is 4. The molecule has 0 radical (unpaired) electrons. The third-order valence-electron chi connectivity index (χ3n) is 3.08. The van der Waals surface area contributed by atoms with Gasteiger partial charge >= 0.3 is 0 Å². The number of nitro benzene ring substituents is 1. The van der Waals surface area contributed by atoms with Gasteiger partial charge in [-0.3, -0.25) is 10.1 Å². The van der Waals surface area contributed by atoms with Gasteiger partial charge in [-0.05, 0) is 35.4 Å². The van der Waals surface area contributed by atoms with Crippen LogP contribution in [0.2, 0.25) is 0 Å². The number of nitrogens with zero attached hydrogens (tertiary/aromatic N) is 5. The van der Waals surface area contributed by atoms with Crippen molar-refractivity contribution < 1.29 is 4.92 Å². The molecular formula is C13H18N6O2. The summed E-state index contributed by atoms with van der Waals surface area (Å²) in [5, 5.41) is 25.5. The van der Waals surface area contributed by atoms with Gasteiger partial charge in [0.05, 0.1) is 11.5 Å². The topological polar surface area (TPSA) is 98.8 Å². The van der Waals surface area contributed by atoms with Crippen LogP contribution in [0.5, 0.6) is 0 Å². The SMILES string of the molecule is CCCNCc1nnnn1CCc1ccc([N+](=O)[O-])cc1. The molecule has 21 heavy (non-hydrogen) atoms. The zero-order chi connectivity index (χ0) is 15.1. The minimum Gasteiger partial charge on any atom is -0.310 e. The molecule has 2 aromatic rings. The Bertz CT molecular complexity index is 581. The molecule has 8 heteroatoms. The van der Waals surface area contributed by atoms with E-state index in [9.17, 15) is 10.1 Å². The smallest absolute Gasteiger partial charge is 0.269 e. The molecule has 0 saturated heterocycles. The van der Waals surface area contributed by atoms with Crippen LogP contribution < -0.4 is 5.32 Å². The molecule has 0 aliphatic heterocycles. The van der Waals surface area contributed by atoms with Crippen LogP contribution in [0.3, 0.4) is 0 Å². The van der Waals surface area contributed by atoms with Crippen molar-refractivity contribution in [1.82, 2.24) is 25.5 Å². The van der Waals surface area contributed by atoms with Gasteiger partial charge in [-0.25, -0.2) is 4.68 Å². The second-order valence-electron chi connectivity index (χ2n) is 4.67. The van der Waals surface area contributed by atoms with Crippen molar-refractivity contribution >= 4 is 5.69 Å². The first kappa shape index (κ1) is 15.0. The summed E-state index contributed by atoms with van der Waals surface area (Å²) in [6.07, 6.45) is 1.79. The molecule has 8 nitrogen and oxygen atoms in total. The lowest BCUT2D eigenvalue weighted by Crippen LogP contribution is -2.18. The lowest BCUT2D eigenvalue weighted by Gasteiger charge is -2.05. The summed E-state index contributed by atoms with van der Waals surface area (Å²) in [6.45, 7) is 4.31. The quantitative estimate of drug-likeness (QED) is 0.447. The molecule has 0 atom stereocenters. The maximum Gasteiger partial charge on any atom is 0.269 e. The maximum absolute atomic E-state index is 10.6. The van der Waals surface area contributed by atoms with Crippen molar-refractivity contribution in [1.29, 1.82) is 0 Å². The highest BCUT2D eigenvalue weighted by Crippen LogP contribution is 2.12. The highest BCUT2D eigenvalue weighted by molar-refractivity contribution is 5.32. The number of nitro groups is 1. The number of aryl methyl sites for hydroxylation is 2. The first-order valence-corrected chi connectivity index (χ1v) is 6.89. The fourth-order valence-electron chi connectivity index (χ4n) is 1.92. The lowest BCUT2D eigenvalue weighted by molar-refractivity contribution is -0.384. The molecule has 2 rings (SSSR count). The van der Waals surface area contributed by atoms with Crippen molar-refractivity contribution in [3.05, 3.63) is 45.8 Å². The van der Waals surface area contributed by atoms with E-state index in [1.54, 1.807) is 16.8 Å². The van der Waals surface area contributed by atoms with E-state index in [-0.39, 0.29) is 5.69 Å². The third-order valence-corrected chi connectivity index (χ3v) is 3.08. The standard InChI is InChI=1S/C13H18N6O2/c1-2-8-14-10-13-15-16-17-18(13)9-7-11-3-5-12(6-4-11)19(20)21/h3-6,14H,2,7-10H2,1H3. The summed E-state index contributed by atoms with van der Waals surface area (Å²) in [4.78, 5) is 10.2. The van der Waals surface area contributed by atoms with E-state index in [1.165, 1.54) is 12.1 Å². The average Bonchev–Trinajstić information content (AvgIpc) is 2.93. The molecule has 1 aromatic carbocycles. The molecule has 0 amide bonds. The van der Waals surface area contributed by atoms with Crippen LogP contribution in [0.15, 0.2) is 24.3 Å². The summed E-state index contributed by atoms with van der Waals surface area (Å²) in [5.74, 6) is 0.797. The van der Waals surface area contributed by atoms with E-state index in [0.717, 1.165) is 30.8 Å². The van der Waals surface area contributed by atoms with Gasteiger partial charge in [0.2, 0.25) is 0 Å². The predicted octanol–water partition coefficient (Wildman–Crippen LogP) is 1.32. The Morgan fingerprint density at radius 3 is 2.76 bits per heavy atom. The van der Waals surface area contributed by atoms with E-state index in [0.29, 0.717) is 13.1 Å². The zero-order valence-corrected chi connectivity index (χ0v) is 11.9. The van der Waals surface area contributed by atoms with E-state index in [4.69, 9.17) is 0 Å². The molecule has 0 fully saturated rings. The van der Waals surface area contributed by atoms with Crippen molar-refractivity contribution in [3.8, 4) is 0 Å². The van der Waals surface area contributed by atoms with Gasteiger partial charge in [-0.1, -0.05) is 19.1 Å². The molecule has 0 bridgehead atoms. The highest BCUT2D eigenvalue weighted by atomic mass is 16.6. The molecule has 112 valence electrons. The van der Waals surface area contributed by atoms with Crippen LogP contribution in [-0.2, 0) is 19.5 Å². The average molecular weight is 290 g/mol. The summed E-state index contributed by atoms with van der Waals surface area (Å²) >= 11 is 0. The minimum atomic E-state index is -0.400. The Morgan fingerprint density at radius 1 is 1.33 bits per heavy atom. The van der Waals surface area contributed by atoms with Crippen LogP contribution >= 0.6 is 0 Å². The van der Waals surface area contributed by atoms with Gasteiger partial charge in [-0.15, -0.1) is 5.10 Å². The van der Waals surface area contributed by atoms with E-state index < -0.39 is 4.92 Å². The number of hydrogen-bond donors (Lipinski definition) is 1. The van der Waals surface area contributed by atoms with Crippen LogP contribution in [0.4, 0.5) is 5.69 Å². The molecular weight excluding hydrogens is 272 g/mol. The largest absolute Gasteiger partial charge is 0.310 e. The van der Waals surface area contributed by atoms with Crippen LogP contribution in [0.25, 0.3) is 0 Å². The Labute approximate surface area is 122 Å². The van der Waals surface area contributed by atoms with E-state index >= 15 is 0 Å². The molecule has 0 aliphatic rings. The Balaban J connectivity index is 1.90. The number of benzene rings is 1. The van der Waals surface area contributed by atoms with E-state index in [2.05, 4.69) is 27.8 Å². The number of non-ortho nitro benzene ring substituents is 1. The summed E-state index contributed by atoms with van der Waals surface area (Å²) < 4.78 is 1.75. The van der Waals surface area contributed by atoms with Crippen molar-refractivity contribution in [2.75, 3.05) is 6.54 Å². The summed E-state index contributed by atoms with van der Waals surface area (Å²) in [6, 6.07) is 6.55. The van der Waals surface area contributed by atoms with Gasteiger partial charge in [0.1, 0.15) is 0 Å². The number of hydrogen-bond acceptors (Lipinski definition) is 6. The van der Waals surface area contributed by atoms with Gasteiger partial charge in [0.25, 0.3) is 5.69 Å². The van der Waals surface area contributed by atoms with Gasteiger partial charge < -0.3 is 5.32 Å². The molecule has 0 unspecified atom stereocenters. The highest BCUT2D eigenvalue weighted by Gasteiger charge is 2.07. The van der Waals surface area contributed by atoms with Crippen molar-refractivity contribution in [2.45, 2.75) is 32.9 Å². The van der Waals surface area contributed by atoms with Gasteiger partial charge in [-0.2, -0.15) is 0 Å². The predicted molar refractivity (Wildman–Crippen MR) is 76.6 cm³/mol. The van der Waals surface area contributed by atoms with Crippen molar-refractivity contribution in [3.63, 3.8) is 0 Å². The van der Waals surface area contributed by atoms with Crippen LogP contribution in [0, 0.1) is 10.1 Å². The third kappa shape index (κ3) is 4.32. The Hall–Kier alpha value is -2.35. The first-order valence-electron chi connectivity index (χ1n) is 6.89. The van der Waals surface area contributed by atoms with Crippen LogP contribution in [0.1, 0.15) is 24.7 Å². The molecule has 0 spiro atoms. The molecule has 1 N–H and O–H groups in total. The number of rotatable bonds is 8. The Morgan fingerprint density at radius 2 is 2.10 bits per heavy atom. The fraction of sp³-hybridized carbons (Fsp3) is 0.462. The number of nitrogens with one attached hydrogen (secondary N) is 1. The summed E-state index contributed by atoms with van der Waals surface area (Å²) in [7, 11) is 0. The molecule has 1 aromatic heterocycles.